The molecular weight excluding hydrogens is 548 g/mol. The first kappa shape index (κ1) is 30.7. The third-order valence-corrected chi connectivity index (χ3v) is 7.45. The van der Waals surface area contributed by atoms with Crippen molar-refractivity contribution in [3.63, 3.8) is 0 Å². The molecule has 0 unspecified atom stereocenters. The lowest BCUT2D eigenvalue weighted by Crippen LogP contribution is -2.51. The quantitative estimate of drug-likeness (QED) is 0.346. The summed E-state index contributed by atoms with van der Waals surface area (Å²) in [6.45, 7) is 4.52. The lowest BCUT2D eigenvalue weighted by atomic mass is 10.0. The van der Waals surface area contributed by atoms with E-state index in [1.54, 1.807) is 19.9 Å². The van der Waals surface area contributed by atoms with Crippen molar-refractivity contribution in [2.24, 2.45) is 5.92 Å². The molecule has 0 aromatic heterocycles. The Bertz CT molecular complexity index is 1330. The molecule has 0 spiro atoms. The second-order valence-corrected chi connectivity index (χ2v) is 11.0. The topological polar surface area (TPSA) is 120 Å². The fourth-order valence-electron chi connectivity index (χ4n) is 4.89. The molecule has 2 aromatic carbocycles. The number of hydrogen-bond donors (Lipinski definition) is 3. The molecule has 3 N–H and O–H groups in total. The van der Waals surface area contributed by atoms with Gasteiger partial charge < -0.3 is 30.5 Å². The van der Waals surface area contributed by atoms with Crippen molar-refractivity contribution in [1.29, 1.82) is 0 Å². The molecule has 1 saturated heterocycles. The first-order valence-electron chi connectivity index (χ1n) is 14.1. The van der Waals surface area contributed by atoms with Crippen LogP contribution in [0.1, 0.15) is 55.5 Å². The van der Waals surface area contributed by atoms with Gasteiger partial charge in [0.15, 0.2) is 0 Å². The lowest BCUT2D eigenvalue weighted by molar-refractivity contribution is -0.121. The highest BCUT2D eigenvalue weighted by atomic mass is 19.1. The van der Waals surface area contributed by atoms with E-state index in [-0.39, 0.29) is 53.5 Å². The Morgan fingerprint density at radius 3 is 2.52 bits per heavy atom. The molecule has 12 heteroatoms. The maximum atomic E-state index is 15.2. The van der Waals surface area contributed by atoms with E-state index in [9.17, 15) is 23.6 Å². The molecule has 5 amide bonds. The van der Waals surface area contributed by atoms with E-state index in [4.69, 9.17) is 4.74 Å². The molecule has 226 valence electrons. The Balaban J connectivity index is 1.43. The number of nitrogens with one attached hydrogen (secondary N) is 3. The molecule has 1 aliphatic carbocycles. The molecule has 10 nitrogen and oxygen atoms in total. The zero-order chi connectivity index (χ0) is 30.4. The van der Waals surface area contributed by atoms with Gasteiger partial charge in [-0.2, -0.15) is 0 Å². The number of rotatable bonds is 11. The number of ether oxygens (including phenoxy) is 1. The fourth-order valence-corrected chi connectivity index (χ4v) is 4.89. The minimum absolute atomic E-state index is 0.0719. The van der Waals surface area contributed by atoms with E-state index in [2.05, 4.69) is 16.0 Å². The standard InChI is InChI=1S/C30H37F2N5O5/c1-18(2)37(17-38)27-14-25(32)26(13-23(27)29(40)33-15-19-6-7-19)35-30(41)36-10-4-5-21(16-36)34-28(39)11-20-8-9-22(42-3)12-24(20)31/h8-9,12-14,17-19,21H,4-7,10-11,15-16H2,1-3H3,(H,33,40)(H,34,39)(H,35,41)/t21-/m1/s1. The largest absolute Gasteiger partial charge is 0.497 e. The van der Waals surface area contributed by atoms with Gasteiger partial charge in [-0.1, -0.05) is 6.07 Å². The van der Waals surface area contributed by atoms with Gasteiger partial charge in [-0.05, 0) is 63.1 Å². The van der Waals surface area contributed by atoms with Crippen molar-refractivity contribution in [3.05, 3.63) is 53.1 Å². The lowest BCUT2D eigenvalue weighted by Gasteiger charge is -2.33. The van der Waals surface area contributed by atoms with Gasteiger partial charge in [0.25, 0.3) is 5.91 Å². The van der Waals surface area contributed by atoms with Gasteiger partial charge in [0.1, 0.15) is 17.4 Å². The average molecular weight is 586 g/mol. The second kappa shape index (κ2) is 13.6. The summed E-state index contributed by atoms with van der Waals surface area (Å²) in [6, 6.07) is 5.30. The van der Waals surface area contributed by atoms with Crippen molar-refractivity contribution >= 4 is 35.6 Å². The van der Waals surface area contributed by atoms with Gasteiger partial charge in [-0.15, -0.1) is 0 Å². The number of carbonyl (C=O) groups is 4. The highest BCUT2D eigenvalue weighted by Gasteiger charge is 2.28. The number of hydrogen-bond acceptors (Lipinski definition) is 5. The highest BCUT2D eigenvalue weighted by Crippen LogP contribution is 2.30. The second-order valence-electron chi connectivity index (χ2n) is 11.0. The molecule has 1 aliphatic heterocycles. The molecule has 0 bridgehead atoms. The van der Waals surface area contributed by atoms with Crippen molar-refractivity contribution in [2.45, 2.75) is 58.0 Å². The van der Waals surface area contributed by atoms with E-state index in [1.807, 2.05) is 0 Å². The van der Waals surface area contributed by atoms with Crippen LogP contribution in [0.5, 0.6) is 5.75 Å². The van der Waals surface area contributed by atoms with Gasteiger partial charge in [0.2, 0.25) is 12.3 Å². The van der Waals surface area contributed by atoms with Crippen molar-refractivity contribution in [1.82, 2.24) is 15.5 Å². The summed E-state index contributed by atoms with van der Waals surface area (Å²) in [5.74, 6) is -1.44. The number of nitrogens with zero attached hydrogens (tertiary/aromatic N) is 2. The summed E-state index contributed by atoms with van der Waals surface area (Å²) in [6.07, 6.45) is 3.64. The smallest absolute Gasteiger partial charge is 0.321 e. The van der Waals surface area contributed by atoms with E-state index < -0.39 is 23.6 Å². The number of methoxy groups -OCH3 is 1. The normalized spacial score (nSPS) is 16.5. The fraction of sp³-hybridized carbons (Fsp3) is 0.467. The van der Waals surface area contributed by atoms with Crippen LogP contribution < -0.4 is 25.6 Å². The molecule has 2 aromatic rings. The van der Waals surface area contributed by atoms with Crippen LogP contribution in [0.4, 0.5) is 25.0 Å². The molecular formula is C30H37F2N5O5. The number of halogens is 2. The molecule has 0 radical (unpaired) electrons. The number of urea groups is 1. The van der Waals surface area contributed by atoms with Crippen LogP contribution in [0.25, 0.3) is 0 Å². The van der Waals surface area contributed by atoms with Gasteiger partial charge in [-0.3, -0.25) is 14.4 Å². The number of amides is 5. The molecule has 4 rings (SSSR count). The van der Waals surface area contributed by atoms with Gasteiger partial charge in [-0.25, -0.2) is 13.6 Å². The summed E-state index contributed by atoms with van der Waals surface area (Å²) in [5, 5.41) is 8.23. The van der Waals surface area contributed by atoms with Crippen molar-refractivity contribution < 1.29 is 32.7 Å². The molecule has 1 atom stereocenters. The van der Waals surface area contributed by atoms with Gasteiger partial charge in [0.05, 0.1) is 30.5 Å². The summed E-state index contributed by atoms with van der Waals surface area (Å²) < 4.78 is 34.5. The number of benzene rings is 2. The summed E-state index contributed by atoms with van der Waals surface area (Å²) in [5.41, 5.74) is 0.205. The first-order chi connectivity index (χ1) is 20.1. The zero-order valence-electron chi connectivity index (χ0n) is 24.0. The number of likely N-dealkylation sites (tertiary alicyclic amines) is 1. The Morgan fingerprint density at radius 2 is 1.88 bits per heavy atom. The van der Waals surface area contributed by atoms with E-state index >= 15 is 4.39 Å². The Hall–Kier alpha value is -4.22. The highest BCUT2D eigenvalue weighted by molar-refractivity contribution is 6.04. The van der Waals surface area contributed by atoms with Crippen molar-refractivity contribution in [2.75, 3.05) is 37.0 Å². The predicted molar refractivity (Wildman–Crippen MR) is 154 cm³/mol. The number of carbonyl (C=O) groups excluding carboxylic acids is 4. The summed E-state index contributed by atoms with van der Waals surface area (Å²) in [4.78, 5) is 53.3. The van der Waals surface area contributed by atoms with Crippen LogP contribution in [0, 0.1) is 17.6 Å². The minimum Gasteiger partial charge on any atom is -0.497 e. The Kier molecular flexibility index (Phi) is 9.97. The van der Waals surface area contributed by atoms with Crippen LogP contribution >= 0.6 is 0 Å². The Labute approximate surface area is 243 Å². The zero-order valence-corrected chi connectivity index (χ0v) is 24.0. The molecule has 2 aliphatic rings. The van der Waals surface area contributed by atoms with Crippen LogP contribution in [-0.2, 0) is 16.0 Å². The molecule has 42 heavy (non-hydrogen) atoms. The van der Waals surface area contributed by atoms with Crippen molar-refractivity contribution in [3.8, 4) is 5.75 Å². The molecule has 2 fully saturated rings. The molecule has 1 saturated carbocycles. The summed E-state index contributed by atoms with van der Waals surface area (Å²) >= 11 is 0. The number of piperidine rings is 1. The molecule has 1 heterocycles. The predicted octanol–water partition coefficient (Wildman–Crippen LogP) is 3.84. The van der Waals surface area contributed by atoms with Gasteiger partial charge in [0, 0.05) is 43.9 Å². The van der Waals surface area contributed by atoms with Gasteiger partial charge >= 0.3 is 6.03 Å². The minimum atomic E-state index is -0.798. The maximum Gasteiger partial charge on any atom is 0.321 e. The Morgan fingerprint density at radius 1 is 1.12 bits per heavy atom. The van der Waals surface area contributed by atoms with E-state index in [0.717, 1.165) is 18.9 Å². The van der Waals surface area contributed by atoms with E-state index in [1.165, 1.54) is 35.1 Å². The first-order valence-corrected chi connectivity index (χ1v) is 14.1. The number of anilines is 2. The van der Waals surface area contributed by atoms with Crippen LogP contribution in [0.15, 0.2) is 30.3 Å². The monoisotopic (exact) mass is 585 g/mol. The third-order valence-electron chi connectivity index (χ3n) is 7.45. The average Bonchev–Trinajstić information content (AvgIpc) is 3.79. The van der Waals surface area contributed by atoms with E-state index in [0.29, 0.717) is 44.0 Å². The summed E-state index contributed by atoms with van der Waals surface area (Å²) in [7, 11) is 1.43. The van der Waals surface area contributed by atoms with Crippen LogP contribution in [0.3, 0.4) is 0 Å². The van der Waals surface area contributed by atoms with Crippen LogP contribution in [0.2, 0.25) is 0 Å². The SMILES string of the molecule is COc1ccc(CC(=O)N[C@@H]2CCCN(C(=O)Nc3cc(C(=O)NCC4CC4)c(N(C=O)C(C)C)cc3F)C2)c(F)c1. The third kappa shape index (κ3) is 7.74. The van der Waals surface area contributed by atoms with Crippen LogP contribution in [-0.4, -0.2) is 68.0 Å². The maximum absolute atomic E-state index is 15.2.